The standard InChI is InChI=1S/C39H30Cl2IN3O6/c1-51-26-12-5-21(6-13-26)39-30(36(48)45(38(39)50)43-32-16-7-22(40)18-31(32)41)19-29-27(34(39)20-3-2-4-25(46)17-20)14-15-28-33(29)37(49)44(35(28)47)24-10-8-23(42)9-11-24/h2-14,16-18,28-30,33-34,43,46H,15,19H2,1H3/t28-,29+,30-,33-,34-,39+/m0/s1. The normalized spacial score (nSPS) is 26.8. The molecule has 0 radical (unpaired) electrons. The average molecular weight is 834 g/mol. The van der Waals surface area contributed by atoms with Gasteiger partial charge in [0.25, 0.3) is 11.8 Å². The van der Waals surface area contributed by atoms with Gasteiger partial charge in [-0.05, 0) is 119 Å². The zero-order valence-corrected chi connectivity index (χ0v) is 30.7. The Kier molecular flexibility index (Phi) is 8.39. The van der Waals surface area contributed by atoms with Gasteiger partial charge in [-0.1, -0.05) is 59.1 Å². The zero-order chi connectivity index (χ0) is 35.8. The fraction of sp³-hybridized carbons (Fsp3) is 0.231. The van der Waals surface area contributed by atoms with Crippen LogP contribution >= 0.6 is 45.8 Å². The molecule has 0 unspecified atom stereocenters. The quantitative estimate of drug-likeness (QED) is 0.118. The fourth-order valence-corrected chi connectivity index (χ4v) is 9.58. The number of hydrazine groups is 1. The van der Waals surface area contributed by atoms with Gasteiger partial charge in [0.05, 0.1) is 46.7 Å². The minimum atomic E-state index is -1.51. The molecule has 2 heterocycles. The van der Waals surface area contributed by atoms with Gasteiger partial charge in [0.2, 0.25) is 11.8 Å². The van der Waals surface area contributed by atoms with E-state index in [2.05, 4.69) is 28.0 Å². The molecule has 9 nitrogen and oxygen atoms in total. The van der Waals surface area contributed by atoms with Crippen LogP contribution in [0, 0.1) is 27.2 Å². The summed E-state index contributed by atoms with van der Waals surface area (Å²) >= 11 is 14.9. The Morgan fingerprint density at radius 3 is 2.31 bits per heavy atom. The fourth-order valence-electron chi connectivity index (χ4n) is 8.77. The number of nitrogens with zero attached hydrogens (tertiary/aromatic N) is 2. The Bertz CT molecular complexity index is 2160. The number of benzene rings is 4. The van der Waals surface area contributed by atoms with Gasteiger partial charge in [-0.15, -0.1) is 0 Å². The van der Waals surface area contributed by atoms with Crippen molar-refractivity contribution in [3.8, 4) is 11.5 Å². The molecule has 4 amide bonds. The maximum atomic E-state index is 15.3. The summed E-state index contributed by atoms with van der Waals surface area (Å²) in [6, 6.07) is 25.7. The van der Waals surface area contributed by atoms with Crippen molar-refractivity contribution in [2.45, 2.75) is 24.2 Å². The number of carbonyl (C=O) groups is 4. The lowest BCUT2D eigenvalue weighted by Gasteiger charge is -2.50. The summed E-state index contributed by atoms with van der Waals surface area (Å²) in [5.41, 5.74) is 4.24. The Balaban J connectivity index is 1.32. The van der Waals surface area contributed by atoms with Gasteiger partial charge in [-0.25, -0.2) is 0 Å². The first kappa shape index (κ1) is 33.7. The first-order valence-corrected chi connectivity index (χ1v) is 18.2. The Labute approximate surface area is 317 Å². The smallest absolute Gasteiger partial charge is 0.260 e. The molecule has 4 aromatic carbocycles. The lowest BCUT2D eigenvalue weighted by Crippen LogP contribution is -2.53. The number of phenolic OH excluding ortho intramolecular Hbond substituents is 1. The molecule has 6 atom stereocenters. The summed E-state index contributed by atoms with van der Waals surface area (Å²) in [6.45, 7) is 0. The summed E-state index contributed by atoms with van der Waals surface area (Å²) in [4.78, 5) is 59.8. The highest BCUT2D eigenvalue weighted by molar-refractivity contribution is 14.1. The largest absolute Gasteiger partial charge is 0.508 e. The van der Waals surface area contributed by atoms with Crippen molar-refractivity contribution >= 4 is 80.8 Å². The second-order valence-corrected chi connectivity index (χ2v) is 15.4. The third kappa shape index (κ3) is 5.16. The lowest BCUT2D eigenvalue weighted by molar-refractivity contribution is -0.138. The van der Waals surface area contributed by atoms with Gasteiger partial charge in [-0.3, -0.25) is 29.5 Å². The third-order valence-corrected chi connectivity index (χ3v) is 12.1. The number of carbonyl (C=O) groups excluding carboxylic acids is 4. The van der Waals surface area contributed by atoms with Crippen LogP contribution in [0.2, 0.25) is 10.0 Å². The van der Waals surface area contributed by atoms with E-state index in [4.69, 9.17) is 27.9 Å². The Hall–Kier alpha value is -4.39. The molecule has 2 N–H and O–H groups in total. The maximum absolute atomic E-state index is 15.3. The molecule has 12 heteroatoms. The van der Waals surface area contributed by atoms with Crippen LogP contribution in [0.1, 0.15) is 29.9 Å². The van der Waals surface area contributed by atoms with E-state index in [1.54, 1.807) is 73.8 Å². The van der Waals surface area contributed by atoms with Crippen LogP contribution in [0.5, 0.6) is 11.5 Å². The number of rotatable bonds is 6. The highest BCUT2D eigenvalue weighted by Crippen LogP contribution is 2.64. The van der Waals surface area contributed by atoms with Crippen molar-refractivity contribution in [2.24, 2.45) is 23.7 Å². The number of nitrogens with one attached hydrogen (secondary N) is 1. The van der Waals surface area contributed by atoms with Gasteiger partial charge in [0.15, 0.2) is 0 Å². The highest BCUT2D eigenvalue weighted by atomic mass is 127. The number of phenols is 1. The Morgan fingerprint density at radius 1 is 0.882 bits per heavy atom. The van der Waals surface area contributed by atoms with E-state index in [0.29, 0.717) is 33.3 Å². The molecule has 8 rings (SSSR count). The first-order chi connectivity index (χ1) is 24.5. The Morgan fingerprint density at radius 2 is 1.63 bits per heavy atom. The number of anilines is 2. The number of allylic oxidation sites excluding steroid dienone is 2. The third-order valence-electron chi connectivity index (χ3n) is 10.9. The van der Waals surface area contributed by atoms with Crippen LogP contribution in [-0.2, 0) is 24.6 Å². The van der Waals surface area contributed by atoms with E-state index >= 15 is 4.79 Å². The summed E-state index contributed by atoms with van der Waals surface area (Å²) in [5.74, 6) is -4.75. The molecule has 3 fully saturated rings. The van der Waals surface area contributed by atoms with Gasteiger partial charge >= 0.3 is 0 Å². The van der Waals surface area contributed by atoms with Crippen LogP contribution in [0.3, 0.4) is 0 Å². The van der Waals surface area contributed by atoms with Crippen molar-refractivity contribution < 1.29 is 29.0 Å². The molecule has 2 aliphatic carbocycles. The molecule has 1 saturated carbocycles. The predicted molar refractivity (Wildman–Crippen MR) is 200 cm³/mol. The summed E-state index contributed by atoms with van der Waals surface area (Å²) < 4.78 is 6.42. The number of methoxy groups -OCH3 is 1. The lowest BCUT2D eigenvalue weighted by atomic mass is 9.49. The molecule has 4 aromatic rings. The number of imide groups is 2. The summed E-state index contributed by atoms with van der Waals surface area (Å²) in [6.07, 6.45) is 2.39. The second kappa shape index (κ2) is 12.7. The second-order valence-electron chi connectivity index (χ2n) is 13.3. The SMILES string of the molecule is COc1ccc([C@@]23C(=O)N(Nc4ccc(Cl)cc4Cl)C(=O)[C@@H]2C[C@@H]2C(=CC[C@@H]4C(=O)N(c5ccc(I)cc5)C(=O)[C@@H]42)[C@@H]3c2cccc(O)c2)cc1. The van der Waals surface area contributed by atoms with Crippen molar-refractivity contribution in [2.75, 3.05) is 17.4 Å². The van der Waals surface area contributed by atoms with E-state index in [1.165, 1.54) is 11.0 Å². The summed E-state index contributed by atoms with van der Waals surface area (Å²) in [7, 11) is 1.55. The van der Waals surface area contributed by atoms with Crippen molar-refractivity contribution in [1.82, 2.24) is 5.01 Å². The van der Waals surface area contributed by atoms with Crippen molar-refractivity contribution in [3.63, 3.8) is 0 Å². The number of amides is 4. The predicted octanol–water partition coefficient (Wildman–Crippen LogP) is 7.50. The van der Waals surface area contributed by atoms with Gasteiger partial charge in [0, 0.05) is 14.5 Å². The van der Waals surface area contributed by atoms with E-state index in [-0.39, 0.29) is 35.4 Å². The van der Waals surface area contributed by atoms with Crippen molar-refractivity contribution in [3.05, 3.63) is 127 Å². The van der Waals surface area contributed by atoms with Crippen molar-refractivity contribution in [1.29, 1.82) is 0 Å². The minimum Gasteiger partial charge on any atom is -0.508 e. The molecule has 258 valence electrons. The van der Waals surface area contributed by atoms with Gasteiger partial charge in [-0.2, -0.15) is 5.01 Å². The van der Waals surface area contributed by atoms with Gasteiger partial charge < -0.3 is 9.84 Å². The zero-order valence-electron chi connectivity index (χ0n) is 27.1. The van der Waals surface area contributed by atoms with Gasteiger partial charge in [0.1, 0.15) is 11.5 Å². The van der Waals surface area contributed by atoms with E-state index < -0.39 is 46.8 Å². The molecular formula is C39H30Cl2IN3O6. The first-order valence-electron chi connectivity index (χ1n) is 16.4. The van der Waals surface area contributed by atoms with Crippen LogP contribution in [0.15, 0.2) is 103 Å². The maximum Gasteiger partial charge on any atom is 0.260 e. The molecule has 0 aromatic heterocycles. The number of fused-ring (bicyclic) bond motifs is 4. The molecular weight excluding hydrogens is 804 g/mol. The molecule has 0 spiro atoms. The summed E-state index contributed by atoms with van der Waals surface area (Å²) in [5, 5.41) is 12.4. The molecule has 51 heavy (non-hydrogen) atoms. The van der Waals surface area contributed by atoms with Crippen LogP contribution in [-0.4, -0.2) is 40.9 Å². The van der Waals surface area contributed by atoms with E-state index in [9.17, 15) is 19.5 Å². The highest BCUT2D eigenvalue weighted by Gasteiger charge is 2.70. The molecule has 2 saturated heterocycles. The molecule has 0 bridgehead atoms. The van der Waals surface area contributed by atoms with E-state index in [1.807, 2.05) is 24.3 Å². The van der Waals surface area contributed by atoms with Crippen LogP contribution < -0.4 is 15.1 Å². The average Bonchev–Trinajstić information content (AvgIpc) is 3.50. The topological polar surface area (TPSA) is 116 Å². The molecule has 2 aliphatic heterocycles. The molecule has 4 aliphatic rings. The number of halogens is 3. The monoisotopic (exact) mass is 833 g/mol. The van der Waals surface area contributed by atoms with Crippen LogP contribution in [0.4, 0.5) is 11.4 Å². The number of hydrogen-bond donors (Lipinski definition) is 2. The van der Waals surface area contributed by atoms with E-state index in [0.717, 1.165) is 14.2 Å². The number of ether oxygens (including phenoxy) is 1. The van der Waals surface area contributed by atoms with Crippen LogP contribution in [0.25, 0.3) is 0 Å². The minimum absolute atomic E-state index is 0.0120. The number of hydrogen-bond acceptors (Lipinski definition) is 7. The number of aromatic hydroxyl groups is 1.